The standard InChI is InChI=1S/C9H18N4O/c10-9(14)13-5-3-12(4-6-13)8-1-2-11-7-8/h8,11H,1-7H2,(H2,10,14). The number of carbonyl (C=O) groups excluding carboxylic acids is 1. The molecule has 0 aromatic carbocycles. The van der Waals surface area contributed by atoms with Crippen molar-refractivity contribution in [2.24, 2.45) is 5.73 Å². The van der Waals surface area contributed by atoms with Crippen molar-refractivity contribution in [1.29, 1.82) is 0 Å². The Morgan fingerprint density at radius 3 is 2.50 bits per heavy atom. The fourth-order valence-corrected chi connectivity index (χ4v) is 2.26. The molecule has 5 heteroatoms. The molecule has 1 unspecified atom stereocenters. The van der Waals surface area contributed by atoms with Crippen LogP contribution in [0.5, 0.6) is 0 Å². The monoisotopic (exact) mass is 198 g/mol. The van der Waals surface area contributed by atoms with Crippen molar-refractivity contribution in [2.45, 2.75) is 12.5 Å². The minimum atomic E-state index is -0.283. The molecule has 2 fully saturated rings. The lowest BCUT2D eigenvalue weighted by Crippen LogP contribution is -2.53. The van der Waals surface area contributed by atoms with E-state index in [-0.39, 0.29) is 6.03 Å². The molecule has 80 valence electrons. The van der Waals surface area contributed by atoms with Crippen LogP contribution >= 0.6 is 0 Å². The predicted molar refractivity (Wildman–Crippen MR) is 54.0 cm³/mol. The van der Waals surface area contributed by atoms with Crippen LogP contribution in [-0.2, 0) is 0 Å². The second-order valence-corrected chi connectivity index (χ2v) is 4.01. The van der Waals surface area contributed by atoms with Gasteiger partial charge in [-0.2, -0.15) is 0 Å². The number of nitrogens with zero attached hydrogens (tertiary/aromatic N) is 2. The van der Waals surface area contributed by atoms with Crippen molar-refractivity contribution in [3.8, 4) is 0 Å². The summed E-state index contributed by atoms with van der Waals surface area (Å²) in [6.45, 7) is 5.72. The van der Waals surface area contributed by atoms with Gasteiger partial charge in [0.2, 0.25) is 0 Å². The zero-order valence-corrected chi connectivity index (χ0v) is 8.41. The van der Waals surface area contributed by atoms with Crippen molar-refractivity contribution >= 4 is 6.03 Å². The molecule has 2 saturated heterocycles. The van der Waals surface area contributed by atoms with Crippen LogP contribution in [0, 0.1) is 0 Å². The quantitative estimate of drug-likeness (QED) is 0.571. The Hall–Kier alpha value is -0.810. The second kappa shape index (κ2) is 4.14. The number of primary amides is 1. The van der Waals surface area contributed by atoms with E-state index in [0.717, 1.165) is 39.3 Å². The van der Waals surface area contributed by atoms with Crippen LogP contribution in [0.3, 0.4) is 0 Å². The van der Waals surface area contributed by atoms with Crippen molar-refractivity contribution in [3.63, 3.8) is 0 Å². The van der Waals surface area contributed by atoms with Gasteiger partial charge in [0.25, 0.3) is 0 Å². The molecule has 0 spiro atoms. The summed E-state index contributed by atoms with van der Waals surface area (Å²) in [5.74, 6) is 0. The molecule has 0 aliphatic carbocycles. The highest BCUT2D eigenvalue weighted by molar-refractivity contribution is 5.72. The number of hydrogen-bond acceptors (Lipinski definition) is 3. The maximum atomic E-state index is 10.9. The van der Waals surface area contributed by atoms with E-state index in [9.17, 15) is 4.79 Å². The van der Waals surface area contributed by atoms with Crippen LogP contribution in [0.2, 0.25) is 0 Å². The van der Waals surface area contributed by atoms with Crippen LogP contribution < -0.4 is 11.1 Å². The summed E-state index contributed by atoms with van der Waals surface area (Å²) in [7, 11) is 0. The van der Waals surface area contributed by atoms with E-state index in [1.54, 1.807) is 4.90 Å². The summed E-state index contributed by atoms with van der Waals surface area (Å²) < 4.78 is 0. The van der Waals surface area contributed by atoms with Gasteiger partial charge in [0, 0.05) is 38.8 Å². The highest BCUT2D eigenvalue weighted by atomic mass is 16.2. The summed E-state index contributed by atoms with van der Waals surface area (Å²) in [6, 6.07) is 0.388. The first kappa shape index (κ1) is 9.73. The van der Waals surface area contributed by atoms with Crippen molar-refractivity contribution in [1.82, 2.24) is 15.1 Å². The second-order valence-electron chi connectivity index (χ2n) is 4.01. The van der Waals surface area contributed by atoms with E-state index < -0.39 is 0 Å². The van der Waals surface area contributed by atoms with Gasteiger partial charge in [-0.3, -0.25) is 4.90 Å². The first-order valence-corrected chi connectivity index (χ1v) is 5.26. The van der Waals surface area contributed by atoms with E-state index in [2.05, 4.69) is 10.2 Å². The molecule has 0 aromatic rings. The number of rotatable bonds is 1. The number of nitrogens with two attached hydrogens (primary N) is 1. The maximum Gasteiger partial charge on any atom is 0.314 e. The molecule has 2 amide bonds. The lowest BCUT2D eigenvalue weighted by atomic mass is 10.2. The third kappa shape index (κ3) is 1.99. The predicted octanol–water partition coefficient (Wildman–Crippen LogP) is -0.955. The van der Waals surface area contributed by atoms with E-state index in [1.807, 2.05) is 0 Å². The number of hydrogen-bond donors (Lipinski definition) is 2. The van der Waals surface area contributed by atoms with Gasteiger partial charge in [-0.25, -0.2) is 4.79 Å². The van der Waals surface area contributed by atoms with Crippen LogP contribution in [-0.4, -0.2) is 61.1 Å². The van der Waals surface area contributed by atoms with Gasteiger partial charge >= 0.3 is 6.03 Å². The Morgan fingerprint density at radius 2 is 2.00 bits per heavy atom. The zero-order chi connectivity index (χ0) is 9.97. The Balaban J connectivity index is 1.80. The molecule has 0 radical (unpaired) electrons. The molecule has 2 aliphatic rings. The molecule has 0 aromatic heterocycles. The molecule has 0 saturated carbocycles. The van der Waals surface area contributed by atoms with E-state index >= 15 is 0 Å². The number of carbonyl (C=O) groups is 1. The van der Waals surface area contributed by atoms with Gasteiger partial charge in [-0.15, -0.1) is 0 Å². The molecule has 5 nitrogen and oxygen atoms in total. The summed E-state index contributed by atoms with van der Waals surface area (Å²) in [5, 5.41) is 3.36. The summed E-state index contributed by atoms with van der Waals surface area (Å²) in [6.07, 6.45) is 1.23. The number of amides is 2. The Bertz CT molecular complexity index is 207. The highest BCUT2D eigenvalue weighted by Crippen LogP contribution is 2.11. The molecule has 2 heterocycles. The van der Waals surface area contributed by atoms with Gasteiger partial charge in [-0.05, 0) is 13.0 Å². The zero-order valence-electron chi connectivity index (χ0n) is 8.41. The van der Waals surface area contributed by atoms with Gasteiger partial charge in [-0.1, -0.05) is 0 Å². The summed E-state index contributed by atoms with van der Waals surface area (Å²) in [5.41, 5.74) is 5.22. The summed E-state index contributed by atoms with van der Waals surface area (Å²) in [4.78, 5) is 15.1. The normalized spacial score (nSPS) is 29.4. The largest absolute Gasteiger partial charge is 0.351 e. The van der Waals surface area contributed by atoms with Gasteiger partial charge in [0.1, 0.15) is 0 Å². The minimum Gasteiger partial charge on any atom is -0.351 e. The fourth-order valence-electron chi connectivity index (χ4n) is 2.26. The van der Waals surface area contributed by atoms with Gasteiger partial charge < -0.3 is 16.0 Å². The number of nitrogens with one attached hydrogen (secondary N) is 1. The minimum absolute atomic E-state index is 0.283. The SMILES string of the molecule is NC(=O)N1CCN(C2CCNC2)CC1. The average molecular weight is 198 g/mol. The number of urea groups is 1. The van der Waals surface area contributed by atoms with Crippen molar-refractivity contribution in [2.75, 3.05) is 39.3 Å². The smallest absolute Gasteiger partial charge is 0.314 e. The Kier molecular flexibility index (Phi) is 2.88. The maximum absolute atomic E-state index is 10.9. The third-order valence-electron chi connectivity index (χ3n) is 3.18. The van der Waals surface area contributed by atoms with Crippen molar-refractivity contribution < 1.29 is 4.79 Å². The first-order chi connectivity index (χ1) is 6.77. The molecule has 14 heavy (non-hydrogen) atoms. The third-order valence-corrected chi connectivity index (χ3v) is 3.18. The lowest BCUT2D eigenvalue weighted by Gasteiger charge is -2.36. The summed E-state index contributed by atoms with van der Waals surface area (Å²) >= 11 is 0. The Labute approximate surface area is 84.2 Å². The Morgan fingerprint density at radius 1 is 1.29 bits per heavy atom. The molecule has 0 bridgehead atoms. The average Bonchev–Trinajstić information content (AvgIpc) is 2.71. The van der Waals surface area contributed by atoms with E-state index in [4.69, 9.17) is 5.73 Å². The topological polar surface area (TPSA) is 61.6 Å². The van der Waals surface area contributed by atoms with Gasteiger partial charge in [0.05, 0.1) is 0 Å². The molecule has 2 rings (SSSR count). The molecule has 2 aliphatic heterocycles. The molecular weight excluding hydrogens is 180 g/mol. The van der Waals surface area contributed by atoms with Crippen LogP contribution in [0.4, 0.5) is 4.79 Å². The van der Waals surface area contributed by atoms with E-state index in [0.29, 0.717) is 6.04 Å². The van der Waals surface area contributed by atoms with Crippen LogP contribution in [0.1, 0.15) is 6.42 Å². The van der Waals surface area contributed by atoms with Crippen molar-refractivity contribution in [3.05, 3.63) is 0 Å². The lowest BCUT2D eigenvalue weighted by molar-refractivity contribution is 0.118. The highest BCUT2D eigenvalue weighted by Gasteiger charge is 2.26. The van der Waals surface area contributed by atoms with Crippen LogP contribution in [0.25, 0.3) is 0 Å². The first-order valence-electron chi connectivity index (χ1n) is 5.26. The van der Waals surface area contributed by atoms with Gasteiger partial charge in [0.15, 0.2) is 0 Å². The number of piperazine rings is 1. The van der Waals surface area contributed by atoms with Crippen LogP contribution in [0.15, 0.2) is 0 Å². The molecule has 1 atom stereocenters. The fraction of sp³-hybridized carbons (Fsp3) is 0.889. The molecular formula is C9H18N4O. The van der Waals surface area contributed by atoms with E-state index in [1.165, 1.54) is 6.42 Å². The molecule has 3 N–H and O–H groups in total.